The van der Waals surface area contributed by atoms with Crippen LogP contribution in [0.1, 0.15) is 29.3 Å². The fourth-order valence-corrected chi connectivity index (χ4v) is 4.08. The molecule has 0 aliphatic carbocycles. The smallest absolute Gasteiger partial charge is 0.493 e. The molecule has 0 saturated carbocycles. The van der Waals surface area contributed by atoms with Gasteiger partial charge in [-0.25, -0.2) is 4.39 Å². The van der Waals surface area contributed by atoms with Crippen LogP contribution in [-0.4, -0.2) is 41.6 Å². The van der Waals surface area contributed by atoms with Crippen molar-refractivity contribution in [3.63, 3.8) is 0 Å². The molecular weight excluding hydrogens is 504 g/mol. The molecule has 0 spiro atoms. The van der Waals surface area contributed by atoms with E-state index >= 15 is 0 Å². The summed E-state index contributed by atoms with van der Waals surface area (Å²) in [6.07, 6.45) is -2.13. The first-order valence-corrected chi connectivity index (χ1v) is 12.0. The van der Waals surface area contributed by atoms with E-state index in [9.17, 15) is 27.5 Å². The van der Waals surface area contributed by atoms with Crippen LogP contribution in [0.4, 0.5) is 17.6 Å². The van der Waals surface area contributed by atoms with Crippen LogP contribution in [-0.2, 0) is 6.42 Å². The topological polar surface area (TPSA) is 83.6 Å². The lowest BCUT2D eigenvalue weighted by molar-refractivity contribution is -0.274. The van der Waals surface area contributed by atoms with Gasteiger partial charge in [-0.05, 0) is 72.0 Å². The fraction of sp³-hybridized carbons (Fsp3) is 0.250. The van der Waals surface area contributed by atoms with Crippen molar-refractivity contribution in [1.82, 2.24) is 10.3 Å². The average Bonchev–Trinajstić information content (AvgIpc) is 3.28. The number of hydrogen-bond donors (Lipinski definition) is 3. The second-order valence-corrected chi connectivity index (χ2v) is 8.69. The standard InChI is InChI=1S/C28H26F4N2O4/c1-2-11-37-26-10-5-18(17-3-7-22(8-4-17)38-28(30,31)32)13-24(26)27(36)34-21(16-35)12-19-15-33-25-9-6-20(29)14-23(19)25/h3-10,13-15,21,33,35H,2,11-12,16H2,1H3,(H,34,36). The lowest BCUT2D eigenvalue weighted by Crippen LogP contribution is -2.39. The Balaban J connectivity index is 1.57. The van der Waals surface area contributed by atoms with E-state index in [0.717, 1.165) is 11.1 Å². The molecule has 6 nitrogen and oxygen atoms in total. The van der Waals surface area contributed by atoms with E-state index in [0.29, 0.717) is 35.3 Å². The molecule has 0 fully saturated rings. The van der Waals surface area contributed by atoms with Crippen molar-refractivity contribution in [2.75, 3.05) is 13.2 Å². The largest absolute Gasteiger partial charge is 0.573 e. The van der Waals surface area contributed by atoms with Gasteiger partial charge in [0, 0.05) is 17.1 Å². The van der Waals surface area contributed by atoms with Crippen LogP contribution in [0.2, 0.25) is 0 Å². The third-order valence-corrected chi connectivity index (χ3v) is 5.86. The van der Waals surface area contributed by atoms with Crippen molar-refractivity contribution in [3.8, 4) is 22.6 Å². The van der Waals surface area contributed by atoms with Gasteiger partial charge in [-0.2, -0.15) is 0 Å². The lowest BCUT2D eigenvalue weighted by Gasteiger charge is -2.18. The molecule has 1 unspecified atom stereocenters. The Labute approximate surface area is 216 Å². The van der Waals surface area contributed by atoms with Crippen LogP contribution in [0.25, 0.3) is 22.0 Å². The number of fused-ring (bicyclic) bond motifs is 1. The molecule has 0 radical (unpaired) electrons. The Kier molecular flexibility index (Phi) is 8.21. The predicted molar refractivity (Wildman–Crippen MR) is 135 cm³/mol. The maximum absolute atomic E-state index is 13.8. The molecule has 1 aromatic heterocycles. The minimum Gasteiger partial charge on any atom is -0.493 e. The number of rotatable bonds is 10. The molecule has 1 amide bonds. The summed E-state index contributed by atoms with van der Waals surface area (Å²) in [7, 11) is 0. The van der Waals surface area contributed by atoms with Gasteiger partial charge in [0.2, 0.25) is 0 Å². The summed E-state index contributed by atoms with van der Waals surface area (Å²) in [6, 6.07) is 13.9. The van der Waals surface area contributed by atoms with Gasteiger partial charge in [0.05, 0.1) is 24.8 Å². The molecule has 0 bridgehead atoms. The summed E-state index contributed by atoms with van der Waals surface area (Å²) < 4.78 is 60.9. The van der Waals surface area contributed by atoms with Crippen molar-refractivity contribution in [3.05, 3.63) is 83.8 Å². The van der Waals surface area contributed by atoms with E-state index in [2.05, 4.69) is 15.0 Å². The molecule has 0 aliphatic rings. The Morgan fingerprint density at radius 3 is 2.47 bits per heavy atom. The van der Waals surface area contributed by atoms with Gasteiger partial charge >= 0.3 is 6.36 Å². The number of carbonyl (C=O) groups is 1. The van der Waals surface area contributed by atoms with Crippen molar-refractivity contribution in [2.24, 2.45) is 0 Å². The summed E-state index contributed by atoms with van der Waals surface area (Å²) in [6.45, 7) is 1.93. The van der Waals surface area contributed by atoms with Crippen LogP contribution in [0.5, 0.6) is 11.5 Å². The summed E-state index contributed by atoms with van der Waals surface area (Å²) in [5.41, 5.74) is 2.81. The fourth-order valence-electron chi connectivity index (χ4n) is 4.08. The number of hydrogen-bond acceptors (Lipinski definition) is 4. The molecule has 1 atom stereocenters. The summed E-state index contributed by atoms with van der Waals surface area (Å²) in [5, 5.41) is 13.4. The number of ether oxygens (including phenoxy) is 2. The van der Waals surface area contributed by atoms with E-state index in [1.807, 2.05) is 6.92 Å². The Morgan fingerprint density at radius 2 is 1.79 bits per heavy atom. The third kappa shape index (κ3) is 6.63. The highest BCUT2D eigenvalue weighted by Gasteiger charge is 2.31. The van der Waals surface area contributed by atoms with Gasteiger partial charge in [0.25, 0.3) is 5.91 Å². The monoisotopic (exact) mass is 530 g/mol. The maximum Gasteiger partial charge on any atom is 0.573 e. The number of nitrogens with one attached hydrogen (secondary N) is 2. The van der Waals surface area contributed by atoms with Crippen LogP contribution in [0, 0.1) is 5.82 Å². The zero-order valence-electron chi connectivity index (χ0n) is 20.4. The molecular formula is C28H26F4N2O4. The summed E-state index contributed by atoms with van der Waals surface area (Å²) in [5.74, 6) is -0.920. The predicted octanol–water partition coefficient (Wildman–Crippen LogP) is 5.99. The minimum absolute atomic E-state index is 0.204. The third-order valence-electron chi connectivity index (χ3n) is 5.86. The van der Waals surface area contributed by atoms with Gasteiger partial charge in [0.15, 0.2) is 0 Å². The van der Waals surface area contributed by atoms with Crippen molar-refractivity contribution in [1.29, 1.82) is 0 Å². The Hall–Kier alpha value is -4.05. The van der Waals surface area contributed by atoms with Gasteiger partial charge < -0.3 is 24.9 Å². The first-order valence-electron chi connectivity index (χ1n) is 12.0. The molecule has 3 N–H and O–H groups in total. The highest BCUT2D eigenvalue weighted by Crippen LogP contribution is 2.30. The molecule has 200 valence electrons. The Morgan fingerprint density at radius 1 is 1.05 bits per heavy atom. The van der Waals surface area contributed by atoms with Crippen molar-refractivity contribution < 1.29 is 36.9 Å². The molecule has 4 aromatic rings. The number of aliphatic hydroxyl groups excluding tert-OH is 1. The average molecular weight is 531 g/mol. The van der Waals surface area contributed by atoms with Crippen LogP contribution < -0.4 is 14.8 Å². The van der Waals surface area contributed by atoms with Gasteiger partial charge in [-0.15, -0.1) is 13.2 Å². The van der Waals surface area contributed by atoms with E-state index in [-0.39, 0.29) is 24.3 Å². The number of benzene rings is 3. The molecule has 4 rings (SSSR count). The normalized spacial score (nSPS) is 12.4. The molecule has 3 aromatic carbocycles. The van der Waals surface area contributed by atoms with Gasteiger partial charge in [-0.1, -0.05) is 25.1 Å². The zero-order valence-corrected chi connectivity index (χ0v) is 20.4. The highest BCUT2D eigenvalue weighted by atomic mass is 19.4. The molecule has 0 saturated heterocycles. The number of aromatic nitrogens is 1. The summed E-state index contributed by atoms with van der Waals surface area (Å²) >= 11 is 0. The van der Waals surface area contributed by atoms with Crippen LogP contribution in [0.15, 0.2) is 66.9 Å². The van der Waals surface area contributed by atoms with Crippen molar-refractivity contribution >= 4 is 16.8 Å². The number of aromatic amines is 1. The highest BCUT2D eigenvalue weighted by molar-refractivity contribution is 5.98. The molecule has 1 heterocycles. The Bertz CT molecular complexity index is 1400. The number of carbonyl (C=O) groups excluding carboxylic acids is 1. The number of H-pyrrole nitrogens is 1. The zero-order chi connectivity index (χ0) is 27.3. The number of alkyl halides is 3. The van der Waals surface area contributed by atoms with Gasteiger partial charge in [0.1, 0.15) is 17.3 Å². The number of amides is 1. The van der Waals surface area contributed by atoms with E-state index in [1.54, 1.807) is 30.5 Å². The number of halogens is 4. The molecule has 38 heavy (non-hydrogen) atoms. The van der Waals surface area contributed by atoms with E-state index in [4.69, 9.17) is 4.74 Å². The second-order valence-electron chi connectivity index (χ2n) is 8.69. The van der Waals surface area contributed by atoms with Crippen LogP contribution >= 0.6 is 0 Å². The second kappa shape index (κ2) is 11.6. The quantitative estimate of drug-likeness (QED) is 0.220. The summed E-state index contributed by atoms with van der Waals surface area (Å²) in [4.78, 5) is 16.4. The molecule has 10 heteroatoms. The van der Waals surface area contributed by atoms with Gasteiger partial charge in [-0.3, -0.25) is 4.79 Å². The molecule has 0 aliphatic heterocycles. The lowest BCUT2D eigenvalue weighted by atomic mass is 10.0. The van der Waals surface area contributed by atoms with Crippen molar-refractivity contribution in [2.45, 2.75) is 32.2 Å². The first kappa shape index (κ1) is 27.0. The maximum atomic E-state index is 13.8. The van der Waals surface area contributed by atoms with E-state index < -0.39 is 24.1 Å². The number of aliphatic hydroxyl groups is 1. The van der Waals surface area contributed by atoms with E-state index in [1.165, 1.54) is 36.4 Å². The minimum atomic E-state index is -4.80. The SMILES string of the molecule is CCCOc1ccc(-c2ccc(OC(F)(F)F)cc2)cc1C(=O)NC(CO)Cc1c[nH]c2ccc(F)cc12. The van der Waals surface area contributed by atoms with Crippen LogP contribution in [0.3, 0.4) is 0 Å². The first-order chi connectivity index (χ1) is 18.2.